The normalized spacial score (nSPS) is 20.6. The molecule has 18 heavy (non-hydrogen) atoms. The van der Waals surface area contributed by atoms with Crippen molar-refractivity contribution in [1.82, 2.24) is 4.90 Å². The second-order valence-electron chi connectivity index (χ2n) is 5.59. The number of rotatable bonds is 4. The van der Waals surface area contributed by atoms with E-state index in [1.165, 1.54) is 25.1 Å². The average molecular weight is 248 g/mol. The number of hydrogen-bond donors (Lipinski definition) is 1. The third kappa shape index (κ3) is 2.96. The predicted octanol–water partition coefficient (Wildman–Crippen LogP) is 2.76. The van der Waals surface area contributed by atoms with Crippen molar-refractivity contribution in [3.63, 3.8) is 0 Å². The summed E-state index contributed by atoms with van der Waals surface area (Å²) in [5.74, 6) is 2.49. The topological polar surface area (TPSA) is 38.5 Å². The molecular weight excluding hydrogens is 224 g/mol. The SMILES string of the molecule is COc1ccc(N)c(CN2CCC(C(C)C)C2)c1. The molecule has 3 nitrogen and oxygen atoms in total. The number of anilines is 1. The molecule has 1 heterocycles. The molecule has 100 valence electrons. The Hall–Kier alpha value is -1.22. The monoisotopic (exact) mass is 248 g/mol. The molecule has 0 spiro atoms. The average Bonchev–Trinajstić information content (AvgIpc) is 2.81. The molecule has 1 aliphatic rings. The minimum Gasteiger partial charge on any atom is -0.497 e. The van der Waals surface area contributed by atoms with Crippen molar-refractivity contribution in [2.24, 2.45) is 11.8 Å². The largest absolute Gasteiger partial charge is 0.497 e. The molecule has 0 aromatic heterocycles. The first kappa shape index (κ1) is 13.2. The highest BCUT2D eigenvalue weighted by molar-refractivity contribution is 5.50. The van der Waals surface area contributed by atoms with Gasteiger partial charge in [0.05, 0.1) is 7.11 Å². The van der Waals surface area contributed by atoms with Crippen molar-refractivity contribution in [3.8, 4) is 5.75 Å². The maximum absolute atomic E-state index is 6.03. The number of likely N-dealkylation sites (tertiary alicyclic amines) is 1. The van der Waals surface area contributed by atoms with E-state index in [1.54, 1.807) is 7.11 Å². The maximum Gasteiger partial charge on any atom is 0.119 e. The molecule has 1 aromatic carbocycles. The summed E-state index contributed by atoms with van der Waals surface area (Å²) >= 11 is 0. The van der Waals surface area contributed by atoms with Crippen LogP contribution >= 0.6 is 0 Å². The van der Waals surface area contributed by atoms with E-state index >= 15 is 0 Å². The van der Waals surface area contributed by atoms with Crippen LogP contribution in [-0.4, -0.2) is 25.1 Å². The van der Waals surface area contributed by atoms with Crippen molar-refractivity contribution < 1.29 is 4.74 Å². The van der Waals surface area contributed by atoms with E-state index in [0.717, 1.165) is 29.8 Å². The summed E-state index contributed by atoms with van der Waals surface area (Å²) in [6.07, 6.45) is 1.31. The fourth-order valence-electron chi connectivity index (χ4n) is 2.64. The predicted molar refractivity (Wildman–Crippen MR) is 75.6 cm³/mol. The fraction of sp³-hybridized carbons (Fsp3) is 0.600. The van der Waals surface area contributed by atoms with E-state index in [2.05, 4.69) is 24.8 Å². The molecule has 0 radical (unpaired) electrons. The number of nitrogens with two attached hydrogens (primary N) is 1. The molecule has 1 aliphatic heterocycles. The Bertz CT molecular complexity index is 403. The first-order valence-corrected chi connectivity index (χ1v) is 6.75. The van der Waals surface area contributed by atoms with Gasteiger partial charge in [0.2, 0.25) is 0 Å². The van der Waals surface area contributed by atoms with Gasteiger partial charge in [-0.2, -0.15) is 0 Å². The summed E-state index contributed by atoms with van der Waals surface area (Å²) in [6, 6.07) is 5.90. The van der Waals surface area contributed by atoms with E-state index in [4.69, 9.17) is 10.5 Å². The highest BCUT2D eigenvalue weighted by atomic mass is 16.5. The molecular formula is C15H24N2O. The number of nitrogens with zero attached hydrogens (tertiary/aromatic N) is 1. The van der Waals surface area contributed by atoms with E-state index in [-0.39, 0.29) is 0 Å². The lowest BCUT2D eigenvalue weighted by molar-refractivity contribution is 0.296. The van der Waals surface area contributed by atoms with Crippen LogP contribution < -0.4 is 10.5 Å². The maximum atomic E-state index is 6.03. The smallest absolute Gasteiger partial charge is 0.119 e. The summed E-state index contributed by atoms with van der Waals surface area (Å²) < 4.78 is 5.26. The molecule has 3 heteroatoms. The second-order valence-corrected chi connectivity index (χ2v) is 5.59. The molecule has 1 fully saturated rings. The summed E-state index contributed by atoms with van der Waals surface area (Å²) in [7, 11) is 1.69. The van der Waals surface area contributed by atoms with Crippen molar-refractivity contribution in [2.75, 3.05) is 25.9 Å². The number of ether oxygens (including phenoxy) is 1. The molecule has 0 aliphatic carbocycles. The van der Waals surface area contributed by atoms with Gasteiger partial charge in [0.1, 0.15) is 5.75 Å². The van der Waals surface area contributed by atoms with E-state index < -0.39 is 0 Å². The van der Waals surface area contributed by atoms with Gasteiger partial charge in [0.25, 0.3) is 0 Å². The molecule has 1 saturated heterocycles. The van der Waals surface area contributed by atoms with Crippen LogP contribution in [0.5, 0.6) is 5.75 Å². The first-order valence-electron chi connectivity index (χ1n) is 6.75. The zero-order valence-corrected chi connectivity index (χ0v) is 11.6. The Morgan fingerprint density at radius 3 is 2.83 bits per heavy atom. The van der Waals surface area contributed by atoms with Crippen LogP contribution in [0.4, 0.5) is 5.69 Å². The lowest BCUT2D eigenvalue weighted by Gasteiger charge is -2.19. The molecule has 1 aromatic rings. The van der Waals surface area contributed by atoms with Crippen LogP contribution in [0.15, 0.2) is 18.2 Å². The van der Waals surface area contributed by atoms with Gasteiger partial charge < -0.3 is 10.5 Å². The van der Waals surface area contributed by atoms with Gasteiger partial charge in [0.15, 0.2) is 0 Å². The summed E-state index contributed by atoms with van der Waals surface area (Å²) in [5.41, 5.74) is 8.08. The van der Waals surface area contributed by atoms with Crippen molar-refractivity contribution >= 4 is 5.69 Å². The van der Waals surface area contributed by atoms with Crippen LogP contribution in [0.1, 0.15) is 25.8 Å². The first-order chi connectivity index (χ1) is 8.60. The summed E-state index contributed by atoms with van der Waals surface area (Å²) in [5, 5.41) is 0. The van der Waals surface area contributed by atoms with Gasteiger partial charge in [-0.3, -0.25) is 4.90 Å². The minimum atomic E-state index is 0.776. The Morgan fingerprint density at radius 2 is 2.22 bits per heavy atom. The van der Waals surface area contributed by atoms with E-state index in [9.17, 15) is 0 Å². The Labute approximate surface area is 110 Å². The fourth-order valence-corrected chi connectivity index (χ4v) is 2.64. The van der Waals surface area contributed by atoms with Crippen LogP contribution in [0.3, 0.4) is 0 Å². The Kier molecular flexibility index (Phi) is 4.12. The van der Waals surface area contributed by atoms with Crippen molar-refractivity contribution in [1.29, 1.82) is 0 Å². The third-order valence-electron chi connectivity index (χ3n) is 4.00. The van der Waals surface area contributed by atoms with Crippen molar-refractivity contribution in [2.45, 2.75) is 26.8 Å². The lowest BCUT2D eigenvalue weighted by atomic mass is 9.95. The second kappa shape index (κ2) is 5.61. The van der Waals surface area contributed by atoms with E-state index in [0.29, 0.717) is 0 Å². The standard InChI is InChI=1S/C15H24N2O/c1-11(2)12-6-7-17(9-12)10-13-8-14(18-3)4-5-15(13)16/h4-5,8,11-12H,6-7,9-10,16H2,1-3H3. The molecule has 1 atom stereocenters. The molecule has 2 N–H and O–H groups in total. The summed E-state index contributed by atoms with van der Waals surface area (Å²) in [6.45, 7) is 7.93. The lowest BCUT2D eigenvalue weighted by Crippen LogP contribution is -2.22. The number of benzene rings is 1. The van der Waals surface area contributed by atoms with Crippen LogP contribution in [0, 0.1) is 11.8 Å². The highest BCUT2D eigenvalue weighted by Gasteiger charge is 2.25. The van der Waals surface area contributed by atoms with Gasteiger partial charge in [-0.1, -0.05) is 13.8 Å². The number of hydrogen-bond acceptors (Lipinski definition) is 3. The summed E-state index contributed by atoms with van der Waals surface area (Å²) in [4.78, 5) is 2.50. The van der Waals surface area contributed by atoms with Crippen LogP contribution in [-0.2, 0) is 6.54 Å². The molecule has 0 amide bonds. The van der Waals surface area contributed by atoms with Gasteiger partial charge in [0, 0.05) is 18.8 Å². The van der Waals surface area contributed by atoms with Crippen LogP contribution in [0.25, 0.3) is 0 Å². The Morgan fingerprint density at radius 1 is 1.44 bits per heavy atom. The molecule has 2 rings (SSSR count). The molecule has 0 bridgehead atoms. The quantitative estimate of drug-likeness (QED) is 0.833. The zero-order chi connectivity index (χ0) is 13.1. The van der Waals surface area contributed by atoms with Gasteiger partial charge in [-0.15, -0.1) is 0 Å². The molecule has 1 unspecified atom stereocenters. The number of nitrogen functional groups attached to an aromatic ring is 1. The van der Waals surface area contributed by atoms with Crippen LogP contribution in [0.2, 0.25) is 0 Å². The zero-order valence-electron chi connectivity index (χ0n) is 11.6. The van der Waals surface area contributed by atoms with E-state index in [1.807, 2.05) is 12.1 Å². The van der Waals surface area contributed by atoms with Gasteiger partial charge in [-0.25, -0.2) is 0 Å². The third-order valence-corrected chi connectivity index (χ3v) is 4.00. The van der Waals surface area contributed by atoms with Gasteiger partial charge >= 0.3 is 0 Å². The van der Waals surface area contributed by atoms with Crippen molar-refractivity contribution in [3.05, 3.63) is 23.8 Å². The van der Waals surface area contributed by atoms with Gasteiger partial charge in [-0.05, 0) is 48.6 Å². The Balaban J connectivity index is 2.02. The molecule has 0 saturated carbocycles. The number of methoxy groups -OCH3 is 1. The highest BCUT2D eigenvalue weighted by Crippen LogP contribution is 2.27. The minimum absolute atomic E-state index is 0.776.